The van der Waals surface area contributed by atoms with Crippen LogP contribution in [-0.4, -0.2) is 69.6 Å². The molecule has 2 fully saturated rings. The number of nitrogens with zero attached hydrogens (tertiary/aromatic N) is 1. The smallest absolute Gasteiger partial charge is 0.337 e. The van der Waals surface area contributed by atoms with Crippen LogP contribution in [-0.2, 0) is 18.9 Å². The van der Waals surface area contributed by atoms with E-state index in [0.29, 0.717) is 30.0 Å². The molecule has 4 rings (SSSR count). The first-order valence-electron chi connectivity index (χ1n) is 11.4. The van der Waals surface area contributed by atoms with Crippen molar-refractivity contribution >= 4 is 34.7 Å². The maximum atomic E-state index is 11.4. The van der Waals surface area contributed by atoms with E-state index in [2.05, 4.69) is 20.1 Å². The van der Waals surface area contributed by atoms with E-state index >= 15 is 0 Å². The number of carbonyl (C=O) groups excluding carboxylic acids is 2. The van der Waals surface area contributed by atoms with Crippen LogP contribution in [0.15, 0.2) is 36.4 Å². The van der Waals surface area contributed by atoms with Gasteiger partial charge in [-0.25, -0.2) is 9.59 Å². The monoisotopic (exact) mass is 502 g/mol. The van der Waals surface area contributed by atoms with Crippen LogP contribution < -0.4 is 16.4 Å². The van der Waals surface area contributed by atoms with E-state index in [9.17, 15) is 19.7 Å². The van der Waals surface area contributed by atoms with Gasteiger partial charge in [-0.15, -0.1) is 0 Å². The van der Waals surface area contributed by atoms with Gasteiger partial charge < -0.3 is 35.3 Å². The zero-order valence-corrected chi connectivity index (χ0v) is 20.2. The lowest BCUT2D eigenvalue weighted by atomic mass is 10.1. The molecule has 2 atom stereocenters. The Balaban J connectivity index is 0.000000202. The van der Waals surface area contributed by atoms with E-state index < -0.39 is 10.9 Å². The molecule has 194 valence electrons. The number of nitro groups is 1. The number of nitro benzene ring substituents is 1. The van der Waals surface area contributed by atoms with Gasteiger partial charge in [0.2, 0.25) is 0 Å². The van der Waals surface area contributed by atoms with Gasteiger partial charge in [0.25, 0.3) is 5.69 Å². The van der Waals surface area contributed by atoms with E-state index in [1.165, 1.54) is 32.4 Å². The Morgan fingerprint density at radius 3 is 1.86 bits per heavy atom. The Labute approximate surface area is 208 Å². The van der Waals surface area contributed by atoms with Crippen LogP contribution >= 0.6 is 0 Å². The average Bonchev–Trinajstić information content (AvgIpc) is 2.82. The number of carbonyl (C=O) groups is 2. The summed E-state index contributed by atoms with van der Waals surface area (Å²) in [6, 6.07) is 9.11. The van der Waals surface area contributed by atoms with Crippen LogP contribution in [0.1, 0.15) is 33.6 Å². The second-order valence-corrected chi connectivity index (χ2v) is 8.10. The highest BCUT2D eigenvalue weighted by molar-refractivity contribution is 5.92. The molecule has 0 amide bonds. The lowest BCUT2D eigenvalue weighted by molar-refractivity contribution is -0.384. The first-order chi connectivity index (χ1) is 17.3. The van der Waals surface area contributed by atoms with Gasteiger partial charge in [0, 0.05) is 32.4 Å². The number of nitrogen functional groups attached to an aromatic ring is 1. The van der Waals surface area contributed by atoms with Crippen LogP contribution in [0.25, 0.3) is 0 Å². The zero-order chi connectivity index (χ0) is 26.1. The van der Waals surface area contributed by atoms with Crippen LogP contribution in [0.3, 0.4) is 0 Å². The Bertz CT molecular complexity index is 1090. The number of nitrogens with one attached hydrogen (secondary N) is 2. The zero-order valence-electron chi connectivity index (χ0n) is 20.2. The highest BCUT2D eigenvalue weighted by atomic mass is 16.6. The van der Waals surface area contributed by atoms with Crippen LogP contribution in [0, 0.1) is 10.1 Å². The molecule has 2 aromatic carbocycles. The van der Waals surface area contributed by atoms with Crippen molar-refractivity contribution in [3.63, 3.8) is 0 Å². The molecule has 0 saturated carbocycles. The van der Waals surface area contributed by atoms with Gasteiger partial charge in [0.1, 0.15) is 5.69 Å². The fourth-order valence-electron chi connectivity index (χ4n) is 3.37. The largest absolute Gasteiger partial charge is 0.465 e. The third-order valence-electron chi connectivity index (χ3n) is 5.72. The number of anilines is 3. The van der Waals surface area contributed by atoms with Gasteiger partial charge in [0.05, 0.1) is 53.9 Å². The van der Waals surface area contributed by atoms with Crippen molar-refractivity contribution in [2.75, 3.05) is 56.9 Å². The van der Waals surface area contributed by atoms with Gasteiger partial charge in [-0.05, 0) is 43.2 Å². The molecule has 2 heterocycles. The first-order valence-corrected chi connectivity index (χ1v) is 11.4. The van der Waals surface area contributed by atoms with Gasteiger partial charge in [-0.1, -0.05) is 0 Å². The minimum atomic E-state index is -0.530. The van der Waals surface area contributed by atoms with Crippen LogP contribution in [0.2, 0.25) is 0 Å². The maximum absolute atomic E-state index is 11.4. The van der Waals surface area contributed by atoms with Crippen molar-refractivity contribution in [1.82, 2.24) is 0 Å². The van der Waals surface area contributed by atoms with E-state index in [1.807, 2.05) is 0 Å². The van der Waals surface area contributed by atoms with E-state index in [0.717, 1.165) is 31.7 Å². The van der Waals surface area contributed by atoms with Gasteiger partial charge >= 0.3 is 11.9 Å². The summed E-state index contributed by atoms with van der Waals surface area (Å²) in [5.74, 6) is -0.897. The predicted molar refractivity (Wildman–Crippen MR) is 132 cm³/mol. The molecule has 0 spiro atoms. The van der Waals surface area contributed by atoms with Crippen molar-refractivity contribution < 1.29 is 33.5 Å². The molecule has 0 aliphatic carbocycles. The number of methoxy groups -OCH3 is 2. The highest BCUT2D eigenvalue weighted by Gasteiger charge is 2.21. The molecule has 12 nitrogen and oxygen atoms in total. The summed E-state index contributed by atoms with van der Waals surface area (Å²) in [5, 5.41) is 17.0. The van der Waals surface area contributed by atoms with Gasteiger partial charge in [0.15, 0.2) is 0 Å². The van der Waals surface area contributed by atoms with E-state index in [1.54, 1.807) is 18.2 Å². The summed E-state index contributed by atoms with van der Waals surface area (Å²) in [5.41, 5.74) is 8.14. The lowest BCUT2D eigenvalue weighted by Gasteiger charge is -2.27. The molecule has 0 aromatic heterocycles. The molecule has 2 saturated heterocycles. The van der Waals surface area contributed by atoms with Crippen molar-refractivity contribution in [2.45, 2.75) is 25.0 Å². The standard InChI is InChI=1S/C12H14N2O5.C12H16N2O3/c1-18-12(15)8-2-3-11(14(16)17)10(6-8)13-7-9-4-5-19-9;1-16-12(15)8-2-3-10(13)11(6-8)14-7-9-4-5-17-9/h2-3,6,9,13H,4-5,7H2,1H3;2-3,6,9,14H,4-5,7,13H2,1H3/t2*9-/m00/s1. The minimum Gasteiger partial charge on any atom is -0.465 e. The molecule has 0 radical (unpaired) electrons. The predicted octanol–water partition coefficient (Wildman–Crippen LogP) is 2.84. The SMILES string of the molecule is COC(=O)c1ccc(N)c(NC[C@@H]2CCO2)c1.COC(=O)c1ccc([N+](=O)[O-])c(NC[C@@H]2CCO2)c1. The fourth-order valence-corrected chi connectivity index (χ4v) is 3.37. The number of hydrogen-bond donors (Lipinski definition) is 3. The third kappa shape index (κ3) is 7.06. The molecule has 4 N–H and O–H groups in total. The molecular weight excluding hydrogens is 472 g/mol. The number of nitrogens with two attached hydrogens (primary N) is 1. The lowest BCUT2D eigenvalue weighted by Crippen LogP contribution is -2.33. The summed E-state index contributed by atoms with van der Waals surface area (Å²) < 4.78 is 19.8. The topological polar surface area (TPSA) is 164 Å². The Kier molecular flexibility index (Phi) is 9.42. The summed E-state index contributed by atoms with van der Waals surface area (Å²) in [6.45, 7) is 2.72. The quantitative estimate of drug-likeness (QED) is 0.200. The minimum absolute atomic E-state index is 0.0707. The Morgan fingerprint density at radius 2 is 1.42 bits per heavy atom. The molecule has 36 heavy (non-hydrogen) atoms. The molecule has 0 unspecified atom stereocenters. The second-order valence-electron chi connectivity index (χ2n) is 8.10. The molecule has 0 bridgehead atoms. The molecule has 2 aliphatic rings. The Morgan fingerprint density at radius 1 is 0.944 bits per heavy atom. The maximum Gasteiger partial charge on any atom is 0.337 e. The van der Waals surface area contributed by atoms with Crippen molar-refractivity contribution in [3.8, 4) is 0 Å². The number of benzene rings is 2. The van der Waals surface area contributed by atoms with Crippen LogP contribution in [0.4, 0.5) is 22.7 Å². The summed E-state index contributed by atoms with van der Waals surface area (Å²) in [6.07, 6.45) is 2.30. The number of esters is 2. The first kappa shape index (κ1) is 26.7. The van der Waals surface area contributed by atoms with Crippen molar-refractivity contribution in [2.24, 2.45) is 0 Å². The van der Waals surface area contributed by atoms with Gasteiger partial charge in [-0.3, -0.25) is 10.1 Å². The molecule has 2 aliphatic heterocycles. The van der Waals surface area contributed by atoms with Crippen molar-refractivity contribution in [1.29, 1.82) is 0 Å². The molecular formula is C24H30N4O8. The van der Waals surface area contributed by atoms with E-state index in [-0.39, 0.29) is 29.4 Å². The number of ether oxygens (including phenoxy) is 4. The number of rotatable bonds is 9. The fraction of sp³-hybridized carbons (Fsp3) is 0.417. The second kappa shape index (κ2) is 12.7. The molecule has 2 aromatic rings. The van der Waals surface area contributed by atoms with E-state index in [4.69, 9.17) is 15.2 Å². The summed E-state index contributed by atoms with van der Waals surface area (Å²) in [4.78, 5) is 33.2. The Hall–Kier alpha value is -3.90. The summed E-state index contributed by atoms with van der Waals surface area (Å²) >= 11 is 0. The van der Waals surface area contributed by atoms with Crippen molar-refractivity contribution in [3.05, 3.63) is 57.6 Å². The molecule has 12 heteroatoms. The normalized spacial score (nSPS) is 17.8. The highest BCUT2D eigenvalue weighted by Crippen LogP contribution is 2.27. The number of hydrogen-bond acceptors (Lipinski definition) is 11. The van der Waals surface area contributed by atoms with Gasteiger partial charge in [-0.2, -0.15) is 0 Å². The average molecular weight is 503 g/mol. The third-order valence-corrected chi connectivity index (χ3v) is 5.72. The summed E-state index contributed by atoms with van der Waals surface area (Å²) in [7, 11) is 2.62. The van der Waals surface area contributed by atoms with Crippen LogP contribution in [0.5, 0.6) is 0 Å².